The first-order valence-corrected chi connectivity index (χ1v) is 7.92. The van der Waals surface area contributed by atoms with E-state index < -0.39 is 24.4 Å². The summed E-state index contributed by atoms with van der Waals surface area (Å²) in [5.74, 6) is -2.02. The number of rotatable bonds is 9. The Morgan fingerprint density at radius 3 is 2.33 bits per heavy atom. The average molecular weight is 335 g/mol. The van der Waals surface area contributed by atoms with Crippen LogP contribution < -0.4 is 11.2 Å². The Bertz CT molecular complexity index is 560. The number of hydrogen-bond donors (Lipinski definition) is 3. The molecule has 0 aromatic heterocycles. The number of benzene rings is 1. The van der Waals surface area contributed by atoms with Gasteiger partial charge in [-0.1, -0.05) is 44.2 Å². The van der Waals surface area contributed by atoms with E-state index in [1.165, 1.54) is 5.48 Å². The number of carbonyl (C=O) groups excluding carboxylic acids is 3. The highest BCUT2D eigenvalue weighted by molar-refractivity contribution is 5.90. The van der Waals surface area contributed by atoms with Crippen molar-refractivity contribution >= 4 is 17.7 Å². The van der Waals surface area contributed by atoms with E-state index in [2.05, 4.69) is 0 Å². The molecule has 0 aliphatic heterocycles. The van der Waals surface area contributed by atoms with Crippen LogP contribution in [0.25, 0.3) is 0 Å². The van der Waals surface area contributed by atoms with Gasteiger partial charge in [-0.25, -0.2) is 5.48 Å². The summed E-state index contributed by atoms with van der Waals surface area (Å²) in [5, 5.41) is 8.70. The maximum Gasteiger partial charge on any atom is 0.262 e. The maximum atomic E-state index is 12.5. The lowest BCUT2D eigenvalue weighted by molar-refractivity contribution is -0.146. The van der Waals surface area contributed by atoms with Gasteiger partial charge in [-0.2, -0.15) is 0 Å². The molecule has 24 heavy (non-hydrogen) atoms. The first-order chi connectivity index (χ1) is 11.4. The molecule has 132 valence electrons. The Balaban J connectivity index is 2.75. The highest BCUT2D eigenvalue weighted by Gasteiger charge is 2.31. The molecule has 1 atom stereocenters. The Hall–Kier alpha value is -2.41. The second-order valence-corrected chi connectivity index (χ2v) is 5.99. The molecule has 0 bridgehead atoms. The van der Waals surface area contributed by atoms with E-state index in [1.54, 1.807) is 13.8 Å². The molecule has 1 unspecified atom stereocenters. The minimum absolute atomic E-state index is 0.185. The summed E-state index contributed by atoms with van der Waals surface area (Å²) < 4.78 is 0. The molecular formula is C17H25N3O4. The standard InChI is InChI=1S/C17H25N3O4/c1-12(2)16(17(18)23)20(11-14(21)19-24)15(22)10-6-9-13-7-4-3-5-8-13/h3-5,7-8,12,16,24H,6,9-11H2,1-2H3,(H2,18,23)(H,19,21). The molecule has 0 aliphatic rings. The first kappa shape index (κ1) is 19.6. The van der Waals surface area contributed by atoms with Crippen LogP contribution in [0, 0.1) is 5.92 Å². The molecular weight excluding hydrogens is 310 g/mol. The molecule has 0 aliphatic carbocycles. The van der Waals surface area contributed by atoms with E-state index in [0.717, 1.165) is 16.9 Å². The molecule has 0 spiro atoms. The lowest BCUT2D eigenvalue weighted by atomic mass is 10.0. The van der Waals surface area contributed by atoms with Gasteiger partial charge in [-0.05, 0) is 24.3 Å². The maximum absolute atomic E-state index is 12.5. The van der Waals surface area contributed by atoms with Crippen LogP contribution in [0.3, 0.4) is 0 Å². The van der Waals surface area contributed by atoms with Gasteiger partial charge in [-0.15, -0.1) is 0 Å². The second kappa shape index (κ2) is 9.67. The summed E-state index contributed by atoms with van der Waals surface area (Å²) in [4.78, 5) is 36.8. The molecule has 0 fully saturated rings. The number of aryl methyl sites for hydroxylation is 1. The third-order valence-electron chi connectivity index (χ3n) is 3.72. The zero-order valence-electron chi connectivity index (χ0n) is 14.1. The third kappa shape index (κ3) is 6.00. The summed E-state index contributed by atoms with van der Waals surface area (Å²) in [6.45, 7) is 3.08. The number of primary amides is 1. The van der Waals surface area contributed by atoms with Crippen LogP contribution in [-0.2, 0) is 20.8 Å². The largest absolute Gasteiger partial charge is 0.368 e. The lowest BCUT2D eigenvalue weighted by Gasteiger charge is -2.31. The Morgan fingerprint density at radius 1 is 1.21 bits per heavy atom. The van der Waals surface area contributed by atoms with Gasteiger partial charge in [0, 0.05) is 6.42 Å². The molecule has 0 radical (unpaired) electrons. The van der Waals surface area contributed by atoms with Gasteiger partial charge in [0.25, 0.3) is 5.91 Å². The molecule has 7 heteroatoms. The molecule has 1 rings (SSSR count). The van der Waals surface area contributed by atoms with Crippen LogP contribution >= 0.6 is 0 Å². The molecule has 3 amide bonds. The van der Waals surface area contributed by atoms with Crippen molar-refractivity contribution in [2.24, 2.45) is 11.7 Å². The van der Waals surface area contributed by atoms with Crippen LogP contribution in [0.5, 0.6) is 0 Å². The Labute approximate surface area is 141 Å². The molecule has 1 aromatic carbocycles. The summed E-state index contributed by atoms with van der Waals surface area (Å²) in [5.41, 5.74) is 7.98. The van der Waals surface area contributed by atoms with Crippen LogP contribution in [-0.4, -0.2) is 40.4 Å². The number of carbonyl (C=O) groups is 3. The van der Waals surface area contributed by atoms with Crippen LogP contribution in [0.1, 0.15) is 32.3 Å². The fraction of sp³-hybridized carbons (Fsp3) is 0.471. The van der Waals surface area contributed by atoms with E-state index in [1.807, 2.05) is 30.3 Å². The highest BCUT2D eigenvalue weighted by atomic mass is 16.5. The molecule has 0 saturated carbocycles. The molecule has 4 N–H and O–H groups in total. The van der Waals surface area contributed by atoms with Crippen molar-refractivity contribution in [2.75, 3.05) is 6.54 Å². The Kier molecular flexibility index (Phi) is 7.91. The summed E-state index contributed by atoms with van der Waals surface area (Å²) in [7, 11) is 0. The fourth-order valence-corrected chi connectivity index (χ4v) is 2.61. The molecule has 1 aromatic rings. The molecule has 0 saturated heterocycles. The molecule has 0 heterocycles. The van der Waals surface area contributed by atoms with Crippen molar-refractivity contribution in [1.82, 2.24) is 10.4 Å². The summed E-state index contributed by atoms with van der Waals surface area (Å²) >= 11 is 0. The van der Waals surface area contributed by atoms with Crippen LogP contribution in [0.15, 0.2) is 30.3 Å². The summed E-state index contributed by atoms with van der Waals surface area (Å²) in [6.07, 6.45) is 1.49. The van der Waals surface area contributed by atoms with E-state index in [9.17, 15) is 14.4 Å². The zero-order chi connectivity index (χ0) is 18.1. The van der Waals surface area contributed by atoms with Crippen molar-refractivity contribution < 1.29 is 19.6 Å². The Morgan fingerprint density at radius 2 is 1.83 bits per heavy atom. The van der Waals surface area contributed by atoms with Crippen molar-refractivity contribution in [3.05, 3.63) is 35.9 Å². The highest BCUT2D eigenvalue weighted by Crippen LogP contribution is 2.14. The number of nitrogens with one attached hydrogen (secondary N) is 1. The van der Waals surface area contributed by atoms with Gasteiger partial charge in [0.2, 0.25) is 11.8 Å². The lowest BCUT2D eigenvalue weighted by Crippen LogP contribution is -2.53. The first-order valence-electron chi connectivity index (χ1n) is 7.92. The monoisotopic (exact) mass is 335 g/mol. The zero-order valence-corrected chi connectivity index (χ0v) is 14.1. The van der Waals surface area contributed by atoms with E-state index >= 15 is 0 Å². The summed E-state index contributed by atoms with van der Waals surface area (Å²) in [6, 6.07) is 8.83. The number of nitrogens with zero attached hydrogens (tertiary/aromatic N) is 1. The van der Waals surface area contributed by atoms with E-state index in [4.69, 9.17) is 10.9 Å². The fourth-order valence-electron chi connectivity index (χ4n) is 2.61. The number of hydrogen-bond acceptors (Lipinski definition) is 4. The number of hydroxylamine groups is 1. The van der Waals surface area contributed by atoms with Crippen molar-refractivity contribution in [3.8, 4) is 0 Å². The topological polar surface area (TPSA) is 113 Å². The smallest absolute Gasteiger partial charge is 0.262 e. The average Bonchev–Trinajstić information content (AvgIpc) is 2.54. The normalized spacial score (nSPS) is 11.8. The minimum Gasteiger partial charge on any atom is -0.368 e. The van der Waals surface area contributed by atoms with Gasteiger partial charge in [0.15, 0.2) is 0 Å². The van der Waals surface area contributed by atoms with Gasteiger partial charge in [-0.3, -0.25) is 19.6 Å². The third-order valence-corrected chi connectivity index (χ3v) is 3.72. The number of amides is 3. The predicted octanol–water partition coefficient (Wildman–Crippen LogP) is 0.853. The van der Waals surface area contributed by atoms with Crippen molar-refractivity contribution in [3.63, 3.8) is 0 Å². The van der Waals surface area contributed by atoms with Crippen LogP contribution in [0.4, 0.5) is 0 Å². The van der Waals surface area contributed by atoms with Gasteiger partial charge in [0.05, 0.1) is 0 Å². The minimum atomic E-state index is -0.897. The second-order valence-electron chi connectivity index (χ2n) is 5.99. The van der Waals surface area contributed by atoms with Gasteiger partial charge in [0.1, 0.15) is 12.6 Å². The van der Waals surface area contributed by atoms with Gasteiger partial charge < -0.3 is 10.6 Å². The number of nitrogens with two attached hydrogens (primary N) is 1. The van der Waals surface area contributed by atoms with E-state index in [0.29, 0.717) is 6.42 Å². The van der Waals surface area contributed by atoms with Crippen LogP contribution in [0.2, 0.25) is 0 Å². The SMILES string of the molecule is CC(C)C(C(N)=O)N(CC(=O)NO)C(=O)CCCc1ccccc1. The van der Waals surface area contributed by atoms with E-state index in [-0.39, 0.29) is 18.2 Å². The predicted molar refractivity (Wildman–Crippen MR) is 88.8 cm³/mol. The van der Waals surface area contributed by atoms with Gasteiger partial charge >= 0.3 is 0 Å². The molecule has 7 nitrogen and oxygen atoms in total. The van der Waals surface area contributed by atoms with Crippen molar-refractivity contribution in [2.45, 2.75) is 39.2 Å². The van der Waals surface area contributed by atoms with Crippen molar-refractivity contribution in [1.29, 1.82) is 0 Å². The quantitative estimate of drug-likeness (QED) is 0.459.